The first-order valence-electron chi connectivity index (χ1n) is 5.41. The quantitative estimate of drug-likeness (QED) is 0.678. The van der Waals surface area contributed by atoms with Crippen molar-refractivity contribution in [2.75, 3.05) is 19.6 Å². The minimum atomic E-state index is 0. The number of piperazine rings is 1. The normalized spacial score (nSPS) is 30.9. The average Bonchev–Trinajstić information content (AvgIpc) is 2.21. The van der Waals surface area contributed by atoms with Crippen LogP contribution in [0, 0.1) is 5.92 Å². The van der Waals surface area contributed by atoms with E-state index in [4.69, 9.17) is 0 Å². The van der Waals surface area contributed by atoms with Crippen LogP contribution in [0.15, 0.2) is 0 Å². The molecule has 2 N–H and O–H groups in total. The second-order valence-corrected chi connectivity index (χ2v) is 4.16. The fraction of sp³-hybridized carbons (Fsp3) is 1.00. The lowest BCUT2D eigenvalue weighted by Crippen LogP contribution is -2.52. The molecule has 1 saturated carbocycles. The lowest BCUT2D eigenvalue weighted by Gasteiger charge is -2.34. The Labute approximate surface area is 87.3 Å². The standard InChI is InChI=1S/C10H20N2.ClH/c1-2-4-9(5-3-1)10-8-11-6-7-12-10;/h9-12H,1-8H2;1H. The maximum atomic E-state index is 3.63. The van der Waals surface area contributed by atoms with Gasteiger partial charge in [-0.2, -0.15) is 0 Å². The van der Waals surface area contributed by atoms with E-state index in [1.165, 1.54) is 45.2 Å². The van der Waals surface area contributed by atoms with Crippen LogP contribution in [-0.2, 0) is 0 Å². The lowest BCUT2D eigenvalue weighted by molar-refractivity contribution is 0.245. The summed E-state index contributed by atoms with van der Waals surface area (Å²) in [6.45, 7) is 3.52. The van der Waals surface area contributed by atoms with E-state index in [2.05, 4.69) is 10.6 Å². The maximum absolute atomic E-state index is 3.63. The Balaban J connectivity index is 0.000000845. The molecule has 2 aliphatic rings. The first-order chi connectivity index (χ1) is 5.97. The molecule has 1 atom stereocenters. The molecule has 2 rings (SSSR count). The maximum Gasteiger partial charge on any atom is 0.0221 e. The molecule has 1 saturated heterocycles. The molecule has 1 aliphatic heterocycles. The zero-order valence-electron chi connectivity index (χ0n) is 8.22. The molecule has 0 aromatic carbocycles. The number of hydrogen-bond donors (Lipinski definition) is 2. The van der Waals surface area contributed by atoms with Crippen molar-refractivity contribution in [2.24, 2.45) is 5.92 Å². The summed E-state index contributed by atoms with van der Waals surface area (Å²) < 4.78 is 0. The monoisotopic (exact) mass is 204 g/mol. The van der Waals surface area contributed by atoms with E-state index in [1.807, 2.05) is 0 Å². The number of hydrogen-bond acceptors (Lipinski definition) is 2. The van der Waals surface area contributed by atoms with Crippen molar-refractivity contribution < 1.29 is 0 Å². The summed E-state index contributed by atoms with van der Waals surface area (Å²) in [5.41, 5.74) is 0. The minimum absolute atomic E-state index is 0. The molecule has 0 aromatic rings. The van der Waals surface area contributed by atoms with E-state index in [1.54, 1.807) is 0 Å². The van der Waals surface area contributed by atoms with Gasteiger partial charge in [-0.25, -0.2) is 0 Å². The van der Waals surface area contributed by atoms with Gasteiger partial charge in [0, 0.05) is 25.7 Å². The topological polar surface area (TPSA) is 24.1 Å². The van der Waals surface area contributed by atoms with E-state index in [-0.39, 0.29) is 12.4 Å². The number of nitrogens with one attached hydrogen (secondary N) is 2. The minimum Gasteiger partial charge on any atom is -0.314 e. The summed E-state index contributed by atoms with van der Waals surface area (Å²) in [5.74, 6) is 0.964. The smallest absolute Gasteiger partial charge is 0.0221 e. The summed E-state index contributed by atoms with van der Waals surface area (Å²) in [4.78, 5) is 0. The zero-order valence-corrected chi connectivity index (χ0v) is 9.04. The van der Waals surface area contributed by atoms with E-state index in [9.17, 15) is 0 Å². The van der Waals surface area contributed by atoms with Crippen LogP contribution in [0.2, 0.25) is 0 Å². The molecule has 78 valence electrons. The highest BCUT2D eigenvalue weighted by molar-refractivity contribution is 5.85. The van der Waals surface area contributed by atoms with Gasteiger partial charge >= 0.3 is 0 Å². The van der Waals surface area contributed by atoms with Gasteiger partial charge in [0.25, 0.3) is 0 Å². The number of rotatable bonds is 1. The Kier molecular flexibility index (Phi) is 5.07. The van der Waals surface area contributed by atoms with Crippen molar-refractivity contribution in [3.63, 3.8) is 0 Å². The van der Waals surface area contributed by atoms with Crippen molar-refractivity contribution >= 4 is 12.4 Å². The molecule has 1 unspecified atom stereocenters. The first kappa shape index (κ1) is 11.3. The van der Waals surface area contributed by atoms with Gasteiger partial charge in [0.05, 0.1) is 0 Å². The third kappa shape index (κ3) is 3.12. The Morgan fingerprint density at radius 2 is 1.69 bits per heavy atom. The predicted molar refractivity (Wildman–Crippen MR) is 58.5 cm³/mol. The van der Waals surface area contributed by atoms with Gasteiger partial charge in [0.1, 0.15) is 0 Å². The third-order valence-corrected chi connectivity index (χ3v) is 3.29. The largest absolute Gasteiger partial charge is 0.314 e. The molecule has 1 heterocycles. The predicted octanol–water partition coefficient (Wildman–Crippen LogP) is 1.55. The van der Waals surface area contributed by atoms with E-state index in [0.717, 1.165) is 18.5 Å². The third-order valence-electron chi connectivity index (χ3n) is 3.29. The van der Waals surface area contributed by atoms with Crippen molar-refractivity contribution in [3.8, 4) is 0 Å². The number of halogens is 1. The molecule has 0 spiro atoms. The molecule has 2 nitrogen and oxygen atoms in total. The zero-order chi connectivity index (χ0) is 8.23. The Bertz CT molecular complexity index is 113. The molecule has 0 radical (unpaired) electrons. The molecular weight excluding hydrogens is 184 g/mol. The van der Waals surface area contributed by atoms with Gasteiger partial charge in [-0.1, -0.05) is 19.3 Å². The van der Waals surface area contributed by atoms with Crippen LogP contribution in [-0.4, -0.2) is 25.7 Å². The molecular formula is C10H21ClN2. The highest BCUT2D eigenvalue weighted by Crippen LogP contribution is 2.26. The van der Waals surface area contributed by atoms with Crippen LogP contribution in [0.1, 0.15) is 32.1 Å². The van der Waals surface area contributed by atoms with E-state index >= 15 is 0 Å². The van der Waals surface area contributed by atoms with Crippen LogP contribution >= 0.6 is 12.4 Å². The summed E-state index contributed by atoms with van der Waals surface area (Å²) in [7, 11) is 0. The second-order valence-electron chi connectivity index (χ2n) is 4.16. The summed E-state index contributed by atoms with van der Waals surface area (Å²) in [5, 5.41) is 7.10. The van der Waals surface area contributed by atoms with Gasteiger partial charge in [0.2, 0.25) is 0 Å². The second kappa shape index (κ2) is 5.84. The molecule has 0 bridgehead atoms. The van der Waals surface area contributed by atoms with Crippen LogP contribution in [0.4, 0.5) is 0 Å². The highest BCUT2D eigenvalue weighted by Gasteiger charge is 2.24. The Morgan fingerprint density at radius 3 is 2.31 bits per heavy atom. The van der Waals surface area contributed by atoms with Crippen molar-refractivity contribution in [1.82, 2.24) is 10.6 Å². The highest BCUT2D eigenvalue weighted by atomic mass is 35.5. The van der Waals surface area contributed by atoms with Crippen molar-refractivity contribution in [2.45, 2.75) is 38.1 Å². The molecule has 0 aromatic heterocycles. The van der Waals surface area contributed by atoms with Crippen LogP contribution < -0.4 is 10.6 Å². The average molecular weight is 205 g/mol. The van der Waals surface area contributed by atoms with Gasteiger partial charge in [-0.05, 0) is 18.8 Å². The van der Waals surface area contributed by atoms with Crippen LogP contribution in [0.5, 0.6) is 0 Å². The van der Waals surface area contributed by atoms with Gasteiger partial charge in [-0.3, -0.25) is 0 Å². The van der Waals surface area contributed by atoms with Crippen LogP contribution in [0.3, 0.4) is 0 Å². The SMILES string of the molecule is C1CCC(C2CNCCN2)CC1.Cl. The van der Waals surface area contributed by atoms with Crippen molar-refractivity contribution in [3.05, 3.63) is 0 Å². The first-order valence-corrected chi connectivity index (χ1v) is 5.41. The Morgan fingerprint density at radius 1 is 0.923 bits per heavy atom. The summed E-state index contributed by atoms with van der Waals surface area (Å²) >= 11 is 0. The van der Waals surface area contributed by atoms with Crippen LogP contribution in [0.25, 0.3) is 0 Å². The molecule has 13 heavy (non-hydrogen) atoms. The molecule has 3 heteroatoms. The van der Waals surface area contributed by atoms with E-state index < -0.39 is 0 Å². The fourth-order valence-corrected chi connectivity index (χ4v) is 2.55. The molecule has 1 aliphatic carbocycles. The summed E-state index contributed by atoms with van der Waals surface area (Å²) in [6, 6.07) is 0.777. The van der Waals surface area contributed by atoms with E-state index in [0.29, 0.717) is 0 Å². The lowest BCUT2D eigenvalue weighted by atomic mass is 9.83. The molecule has 2 fully saturated rings. The molecule has 0 amide bonds. The summed E-state index contributed by atoms with van der Waals surface area (Å²) in [6.07, 6.45) is 7.31. The van der Waals surface area contributed by atoms with Gasteiger partial charge in [0.15, 0.2) is 0 Å². The Hall–Kier alpha value is 0.210. The van der Waals surface area contributed by atoms with Crippen molar-refractivity contribution in [1.29, 1.82) is 0 Å². The van der Waals surface area contributed by atoms with Gasteiger partial charge in [-0.15, -0.1) is 12.4 Å². The fourth-order valence-electron chi connectivity index (χ4n) is 2.55. The van der Waals surface area contributed by atoms with Gasteiger partial charge < -0.3 is 10.6 Å².